The number of aromatic nitrogens is 2. The number of nitrogens with zero attached hydrogens (tertiary/aromatic N) is 6. The van der Waals surface area contributed by atoms with Crippen LogP contribution < -0.4 is 30.9 Å². The van der Waals surface area contributed by atoms with Crippen molar-refractivity contribution in [2.24, 2.45) is 0 Å². The highest BCUT2D eigenvalue weighted by Gasteiger charge is 2.45. The Kier molecular flexibility index (Phi) is 16.1. The number of methoxy groups -OCH3 is 1. The molecule has 3 saturated heterocycles. The van der Waals surface area contributed by atoms with Crippen LogP contribution in [0.3, 0.4) is 0 Å². The number of rotatable bonds is 20. The molecule has 0 aliphatic carbocycles. The summed E-state index contributed by atoms with van der Waals surface area (Å²) in [4.78, 5) is 68.1. The number of fused-ring (bicyclic) bond motifs is 1. The summed E-state index contributed by atoms with van der Waals surface area (Å²) in [6.45, 7) is 12.8. The summed E-state index contributed by atoms with van der Waals surface area (Å²) in [5, 5.41) is 9.83. The monoisotopic (exact) mass is 969 g/mol. The lowest BCUT2D eigenvalue weighted by Crippen LogP contribution is -2.54. The SMILES string of the molecule is COc1cc(N2CCC(N3CCN(CCCOCCOCCCc4cccc5c4C(=O)N(C4CCC(=O)NC4=O)C5=O)CC3)CC2)ccc1Nc1ncc(Cl)c(Nc2ccccc2P(C)(C)=O)n1. The summed E-state index contributed by atoms with van der Waals surface area (Å²) in [7, 11) is -0.894. The number of amides is 4. The highest BCUT2D eigenvalue weighted by molar-refractivity contribution is 7.70. The normalized spacial score (nSPS) is 18.5. The first-order valence-electron chi connectivity index (χ1n) is 23.5. The van der Waals surface area contributed by atoms with Gasteiger partial charge in [-0.3, -0.25) is 34.3 Å². The molecule has 0 radical (unpaired) electrons. The maximum absolute atomic E-state index is 13.3. The zero-order valence-corrected chi connectivity index (χ0v) is 40.7. The van der Waals surface area contributed by atoms with Crippen LogP contribution >= 0.6 is 18.7 Å². The lowest BCUT2D eigenvalue weighted by molar-refractivity contribution is -0.136. The van der Waals surface area contributed by atoms with Crippen LogP contribution in [-0.4, -0.2) is 153 Å². The van der Waals surface area contributed by atoms with E-state index in [1.807, 2.05) is 36.4 Å². The molecule has 1 unspecified atom stereocenters. The molecule has 3 N–H and O–H groups in total. The average Bonchev–Trinajstić information content (AvgIpc) is 3.59. The average molecular weight is 971 g/mol. The molecule has 4 amide bonds. The molecular formula is C49H61ClN9O8P. The summed E-state index contributed by atoms with van der Waals surface area (Å²) in [5.74, 6) is -0.560. The van der Waals surface area contributed by atoms with E-state index in [-0.39, 0.29) is 12.8 Å². The number of ether oxygens (including phenoxy) is 3. The van der Waals surface area contributed by atoms with Gasteiger partial charge in [0, 0.05) is 88.5 Å². The van der Waals surface area contributed by atoms with Crippen LogP contribution in [0.15, 0.2) is 66.9 Å². The van der Waals surface area contributed by atoms with E-state index in [1.54, 1.807) is 32.6 Å². The number of anilines is 5. The van der Waals surface area contributed by atoms with Crippen LogP contribution in [0.25, 0.3) is 0 Å². The summed E-state index contributed by atoms with van der Waals surface area (Å²) in [5.41, 5.74) is 3.91. The first kappa shape index (κ1) is 49.0. The Morgan fingerprint density at radius 3 is 2.31 bits per heavy atom. The highest BCUT2D eigenvalue weighted by atomic mass is 35.5. The highest BCUT2D eigenvalue weighted by Crippen LogP contribution is 2.39. The molecule has 3 fully saturated rings. The molecule has 4 aliphatic heterocycles. The van der Waals surface area contributed by atoms with E-state index in [9.17, 15) is 23.7 Å². The number of halogens is 1. The van der Waals surface area contributed by atoms with Crippen molar-refractivity contribution in [1.82, 2.24) is 30.0 Å². The van der Waals surface area contributed by atoms with E-state index >= 15 is 0 Å². The molecule has 0 bridgehead atoms. The van der Waals surface area contributed by atoms with Crippen molar-refractivity contribution < 1.29 is 38.0 Å². The van der Waals surface area contributed by atoms with E-state index in [1.165, 1.54) is 6.20 Å². The number of piperidine rings is 2. The molecule has 8 rings (SSSR count). The molecule has 3 aromatic carbocycles. The zero-order valence-electron chi connectivity index (χ0n) is 39.0. The van der Waals surface area contributed by atoms with Gasteiger partial charge in [-0.2, -0.15) is 4.98 Å². The molecule has 19 heteroatoms. The number of nitrogens with one attached hydrogen (secondary N) is 3. The summed E-state index contributed by atoms with van der Waals surface area (Å²) in [6, 6.07) is 18.4. The van der Waals surface area contributed by atoms with Gasteiger partial charge >= 0.3 is 0 Å². The molecular weight excluding hydrogens is 909 g/mol. The number of hydrogen-bond acceptors (Lipinski definition) is 15. The maximum Gasteiger partial charge on any atom is 0.262 e. The topological polar surface area (TPSA) is 188 Å². The van der Waals surface area contributed by atoms with Gasteiger partial charge in [-0.05, 0) is 87.7 Å². The number of carbonyl (C=O) groups excluding carboxylic acids is 4. The van der Waals surface area contributed by atoms with Gasteiger partial charge in [0.2, 0.25) is 17.8 Å². The van der Waals surface area contributed by atoms with Crippen LogP contribution in [-0.2, 0) is 30.0 Å². The van der Waals surface area contributed by atoms with Crippen LogP contribution in [0, 0.1) is 0 Å². The number of imide groups is 2. The van der Waals surface area contributed by atoms with Crippen molar-refractivity contribution in [3.05, 3.63) is 88.6 Å². The quantitative estimate of drug-likeness (QED) is 0.0538. The Morgan fingerprint density at radius 2 is 1.57 bits per heavy atom. The third kappa shape index (κ3) is 11.7. The predicted molar refractivity (Wildman–Crippen MR) is 263 cm³/mol. The molecule has 17 nitrogen and oxygen atoms in total. The Bertz CT molecular complexity index is 2530. The maximum atomic E-state index is 13.3. The second-order valence-electron chi connectivity index (χ2n) is 18.0. The van der Waals surface area contributed by atoms with E-state index in [2.05, 4.69) is 52.8 Å². The summed E-state index contributed by atoms with van der Waals surface area (Å²) >= 11 is 6.49. The van der Waals surface area contributed by atoms with E-state index in [0.717, 1.165) is 92.2 Å². The number of aryl methyl sites for hydroxylation is 1. The van der Waals surface area contributed by atoms with Gasteiger partial charge in [-0.25, -0.2) is 4.98 Å². The Balaban J connectivity index is 0.696. The molecule has 0 saturated carbocycles. The van der Waals surface area contributed by atoms with E-state index < -0.39 is 36.8 Å². The van der Waals surface area contributed by atoms with Gasteiger partial charge in [0.25, 0.3) is 11.8 Å². The molecule has 5 heterocycles. The van der Waals surface area contributed by atoms with Gasteiger partial charge in [-0.1, -0.05) is 35.9 Å². The second kappa shape index (κ2) is 22.3. The standard InChI is InChI=1S/C49H61ClN9O8P/c1-65-41-31-35(14-15-38(41)53-49-51-32-37(50)45(55-49)52-39-12-4-5-13-42(39)68(2,3)64)57-21-18-34(19-22-57)58-25-23-56(24-26-58)20-8-28-67-30-29-66-27-7-10-33-9-6-11-36-44(33)48(63)59(47(36)62)40-16-17-43(60)54-46(40)61/h4-6,9,11-15,31-32,34,40H,7-8,10,16-30H2,1-3H3,(H,54,60,61)(H2,51,52,53,55). The van der Waals surface area contributed by atoms with Crippen LogP contribution in [0.5, 0.6) is 5.75 Å². The third-order valence-electron chi connectivity index (χ3n) is 13.1. The molecule has 0 spiro atoms. The van der Waals surface area contributed by atoms with E-state index in [4.69, 9.17) is 25.8 Å². The van der Waals surface area contributed by atoms with Crippen LogP contribution in [0.1, 0.15) is 64.8 Å². The van der Waals surface area contributed by atoms with Crippen molar-refractivity contribution in [3.63, 3.8) is 0 Å². The van der Waals surface area contributed by atoms with E-state index in [0.29, 0.717) is 84.7 Å². The van der Waals surface area contributed by atoms with Crippen LogP contribution in [0.4, 0.5) is 28.8 Å². The van der Waals surface area contributed by atoms with Crippen molar-refractivity contribution in [2.75, 3.05) is 108 Å². The van der Waals surface area contributed by atoms with Crippen molar-refractivity contribution in [1.29, 1.82) is 0 Å². The first-order valence-corrected chi connectivity index (χ1v) is 26.5. The lowest BCUT2D eigenvalue weighted by atomic mass is 9.99. The molecule has 4 aromatic rings. The Hall–Kier alpha value is -5.42. The van der Waals surface area contributed by atoms with Gasteiger partial charge in [-0.15, -0.1) is 0 Å². The summed E-state index contributed by atoms with van der Waals surface area (Å²) in [6.07, 6.45) is 6.12. The molecule has 68 heavy (non-hydrogen) atoms. The number of hydrogen-bond donors (Lipinski definition) is 3. The molecule has 1 aromatic heterocycles. The Morgan fingerprint density at radius 1 is 0.824 bits per heavy atom. The van der Waals surface area contributed by atoms with Crippen LogP contribution in [0.2, 0.25) is 5.02 Å². The van der Waals surface area contributed by atoms with Crippen molar-refractivity contribution in [3.8, 4) is 5.75 Å². The molecule has 4 aliphatic rings. The van der Waals surface area contributed by atoms with Crippen molar-refractivity contribution in [2.45, 2.75) is 57.0 Å². The molecule has 362 valence electrons. The fraction of sp³-hybridized carbons (Fsp3) is 0.469. The van der Waals surface area contributed by atoms with Gasteiger partial charge in [0.15, 0.2) is 5.82 Å². The first-order chi connectivity index (χ1) is 32.9. The fourth-order valence-electron chi connectivity index (χ4n) is 9.50. The van der Waals surface area contributed by atoms with Gasteiger partial charge in [0.1, 0.15) is 24.0 Å². The Labute approximate surface area is 402 Å². The lowest BCUT2D eigenvalue weighted by Gasteiger charge is -2.43. The van der Waals surface area contributed by atoms with Crippen molar-refractivity contribution >= 4 is 76.5 Å². The zero-order chi connectivity index (χ0) is 47.8. The third-order valence-corrected chi connectivity index (χ3v) is 14.9. The number of benzene rings is 3. The summed E-state index contributed by atoms with van der Waals surface area (Å²) < 4.78 is 30.4. The minimum atomic E-state index is -2.55. The second-order valence-corrected chi connectivity index (χ2v) is 21.5. The fourth-order valence-corrected chi connectivity index (χ4v) is 10.8. The number of carbonyl (C=O) groups is 4. The molecule has 1 atom stereocenters. The smallest absolute Gasteiger partial charge is 0.262 e. The number of para-hydroxylation sites is 1. The van der Waals surface area contributed by atoms with Gasteiger partial charge < -0.3 is 39.2 Å². The van der Waals surface area contributed by atoms with Gasteiger partial charge in [0.05, 0.1) is 49.0 Å². The largest absolute Gasteiger partial charge is 0.494 e. The minimum absolute atomic E-state index is 0.0864. The minimum Gasteiger partial charge on any atom is -0.494 e. The predicted octanol–water partition coefficient (Wildman–Crippen LogP) is 5.92. The number of piperazine rings is 1.